The van der Waals surface area contributed by atoms with Gasteiger partial charge < -0.3 is 15.0 Å². The van der Waals surface area contributed by atoms with Gasteiger partial charge in [-0.15, -0.1) is 11.3 Å². The summed E-state index contributed by atoms with van der Waals surface area (Å²) in [5, 5.41) is 4.78. The summed E-state index contributed by atoms with van der Waals surface area (Å²) in [6.45, 7) is 1.30. The van der Waals surface area contributed by atoms with Crippen molar-refractivity contribution in [2.24, 2.45) is 11.8 Å². The number of thiophene rings is 1. The maximum Gasteiger partial charge on any atom is 0.287 e. The molecule has 1 aliphatic carbocycles. The summed E-state index contributed by atoms with van der Waals surface area (Å²) >= 11 is 7.02. The fourth-order valence-corrected chi connectivity index (χ4v) is 5.92. The summed E-state index contributed by atoms with van der Waals surface area (Å²) in [6.07, 6.45) is 3.95. The zero-order chi connectivity index (χ0) is 25.9. The van der Waals surface area contributed by atoms with E-state index in [1.807, 2.05) is 0 Å². The number of nitrogens with zero attached hydrogens (tertiary/aromatic N) is 1. The lowest BCUT2D eigenvalue weighted by Gasteiger charge is -2.12. The Hall–Kier alpha value is -2.38. The minimum Gasteiger partial charge on any atom is -0.376 e. The topological polar surface area (TPSA) is 130 Å². The second-order valence-corrected chi connectivity index (χ2v) is 12.1. The van der Waals surface area contributed by atoms with E-state index in [-0.39, 0.29) is 24.0 Å². The number of hydrogen-bond acceptors (Lipinski definition) is 7. The van der Waals surface area contributed by atoms with Gasteiger partial charge in [-0.25, -0.2) is 22.5 Å². The molecule has 1 saturated carbocycles. The van der Waals surface area contributed by atoms with Crippen molar-refractivity contribution in [3.05, 3.63) is 61.7 Å². The van der Waals surface area contributed by atoms with Gasteiger partial charge in [-0.1, -0.05) is 17.7 Å². The molecule has 194 valence electrons. The molecule has 4 rings (SSSR count). The minimum absolute atomic E-state index is 0.0419. The summed E-state index contributed by atoms with van der Waals surface area (Å²) in [5.74, 6) is -0.595. The highest BCUT2D eigenvalue weighted by Gasteiger charge is 2.25. The van der Waals surface area contributed by atoms with Gasteiger partial charge in [0, 0.05) is 25.3 Å². The highest BCUT2D eigenvalue weighted by Crippen LogP contribution is 2.31. The summed E-state index contributed by atoms with van der Waals surface area (Å²) < 4.78 is 44.3. The quantitative estimate of drug-likeness (QED) is 0.351. The molecule has 2 unspecified atom stereocenters. The predicted molar refractivity (Wildman–Crippen MR) is 136 cm³/mol. The molecule has 2 heterocycles. The van der Waals surface area contributed by atoms with Crippen molar-refractivity contribution in [3.63, 3.8) is 0 Å². The van der Waals surface area contributed by atoms with Crippen LogP contribution < -0.4 is 15.6 Å². The molecule has 36 heavy (non-hydrogen) atoms. The van der Waals surface area contributed by atoms with E-state index in [0.29, 0.717) is 46.3 Å². The van der Waals surface area contributed by atoms with E-state index in [2.05, 4.69) is 20.0 Å². The summed E-state index contributed by atoms with van der Waals surface area (Å²) in [7, 11) is -3.19. The number of hydrogen-bond donors (Lipinski definition) is 3. The van der Waals surface area contributed by atoms with E-state index in [1.54, 1.807) is 5.38 Å². The molecule has 1 amide bonds. The Balaban J connectivity index is 1.32. The van der Waals surface area contributed by atoms with Crippen molar-refractivity contribution in [3.8, 4) is 0 Å². The number of carbonyl (C=O) groups is 1. The van der Waals surface area contributed by atoms with Crippen molar-refractivity contribution in [2.45, 2.75) is 32.4 Å². The van der Waals surface area contributed by atoms with Crippen LogP contribution in [0.2, 0.25) is 5.02 Å². The van der Waals surface area contributed by atoms with Crippen LogP contribution >= 0.6 is 22.9 Å². The van der Waals surface area contributed by atoms with Gasteiger partial charge in [0.25, 0.3) is 11.5 Å². The molecule has 3 N–H and O–H groups in total. The van der Waals surface area contributed by atoms with Gasteiger partial charge >= 0.3 is 0 Å². The lowest BCUT2D eigenvalue weighted by Crippen LogP contribution is -2.27. The maximum atomic E-state index is 13.3. The van der Waals surface area contributed by atoms with Crippen LogP contribution in [0.5, 0.6) is 0 Å². The molecule has 0 spiro atoms. The van der Waals surface area contributed by atoms with Gasteiger partial charge in [-0.2, -0.15) is 0 Å². The number of sulfonamides is 1. The fourth-order valence-electron chi connectivity index (χ4n) is 4.26. The first-order chi connectivity index (χ1) is 17.1. The molecule has 9 nitrogen and oxygen atoms in total. The number of halogens is 2. The number of fused-ring (bicyclic) bond motifs is 1. The van der Waals surface area contributed by atoms with Crippen LogP contribution in [-0.4, -0.2) is 43.7 Å². The number of carbonyl (C=O) groups excluding carboxylic acids is 1. The Morgan fingerprint density at radius 1 is 1.33 bits per heavy atom. The molecular weight excluding hydrogens is 531 g/mol. The second kappa shape index (κ2) is 11.3. The number of H-pyrrole nitrogens is 1. The Kier molecular flexibility index (Phi) is 8.41. The molecule has 1 fully saturated rings. The highest BCUT2D eigenvalue weighted by atomic mass is 35.5. The van der Waals surface area contributed by atoms with Crippen LogP contribution in [0, 0.1) is 17.7 Å². The molecule has 0 saturated heterocycles. The van der Waals surface area contributed by atoms with Gasteiger partial charge in [0.1, 0.15) is 10.6 Å². The highest BCUT2D eigenvalue weighted by molar-refractivity contribution is 7.88. The smallest absolute Gasteiger partial charge is 0.287 e. The van der Waals surface area contributed by atoms with Crippen LogP contribution in [0.3, 0.4) is 0 Å². The normalized spacial score (nSPS) is 18.1. The molecule has 13 heteroatoms. The van der Waals surface area contributed by atoms with Crippen LogP contribution in [0.1, 0.15) is 41.0 Å². The van der Waals surface area contributed by atoms with Crippen LogP contribution in [-0.2, 0) is 27.9 Å². The zero-order valence-corrected chi connectivity index (χ0v) is 21.9. The summed E-state index contributed by atoms with van der Waals surface area (Å²) in [5.41, 5.74) is 0.876. The lowest BCUT2D eigenvalue weighted by molar-refractivity contribution is 0.0885. The number of aromatic amines is 1. The third kappa shape index (κ3) is 6.88. The van der Waals surface area contributed by atoms with Crippen molar-refractivity contribution in [2.75, 3.05) is 19.4 Å². The van der Waals surface area contributed by atoms with Gasteiger partial charge in [0.15, 0.2) is 0 Å². The number of amides is 1. The summed E-state index contributed by atoms with van der Waals surface area (Å²) in [4.78, 5) is 32.5. The van der Waals surface area contributed by atoms with E-state index >= 15 is 0 Å². The average Bonchev–Trinajstić information content (AvgIpc) is 3.45. The van der Waals surface area contributed by atoms with E-state index < -0.39 is 27.3 Å². The number of benzene rings is 1. The molecule has 0 radical (unpaired) electrons. The van der Waals surface area contributed by atoms with Gasteiger partial charge in [0.05, 0.1) is 23.3 Å². The van der Waals surface area contributed by atoms with E-state index in [9.17, 15) is 22.4 Å². The van der Waals surface area contributed by atoms with Crippen molar-refractivity contribution in [1.82, 2.24) is 20.0 Å². The molecule has 3 aromatic rings. The van der Waals surface area contributed by atoms with Crippen LogP contribution in [0.15, 0.2) is 28.4 Å². The maximum absolute atomic E-state index is 13.3. The first kappa shape index (κ1) is 26.7. The summed E-state index contributed by atoms with van der Waals surface area (Å²) in [6, 6.07) is 4.14. The zero-order valence-electron chi connectivity index (χ0n) is 19.5. The first-order valence-electron chi connectivity index (χ1n) is 11.3. The van der Waals surface area contributed by atoms with E-state index in [1.165, 1.54) is 29.5 Å². The van der Waals surface area contributed by atoms with Crippen molar-refractivity contribution < 1.29 is 22.3 Å². The second-order valence-electron chi connectivity index (χ2n) is 8.97. The average molecular weight is 557 g/mol. The molecule has 2 aromatic heterocycles. The Bertz CT molecular complexity index is 1430. The molecule has 1 aliphatic rings. The van der Waals surface area contributed by atoms with Gasteiger partial charge in [-0.05, 0) is 54.2 Å². The van der Waals surface area contributed by atoms with Crippen LogP contribution in [0.4, 0.5) is 4.39 Å². The van der Waals surface area contributed by atoms with Crippen molar-refractivity contribution in [1.29, 1.82) is 0 Å². The Morgan fingerprint density at radius 3 is 2.86 bits per heavy atom. The standard InChI is InChI=1S/C23H26ClFN4O5S2/c1-36(32,33)27-9-13-2-3-15(6-13)10-34-11-16-12-35-23-19(16)21(30)28-20(29-23)22(31)26-8-14-4-5-18(25)17(24)7-14/h4-5,7,12-13,15,27H,2-3,6,8-11H2,1H3,(H,26,31)(H,28,29,30). The number of rotatable bonds is 10. The van der Waals surface area contributed by atoms with E-state index in [0.717, 1.165) is 25.5 Å². The third-order valence-corrected chi connectivity index (χ3v) is 7.97. The van der Waals surface area contributed by atoms with Gasteiger partial charge in [0.2, 0.25) is 15.8 Å². The van der Waals surface area contributed by atoms with Crippen LogP contribution in [0.25, 0.3) is 10.2 Å². The largest absolute Gasteiger partial charge is 0.376 e. The first-order valence-corrected chi connectivity index (χ1v) is 14.5. The molecule has 1 aromatic carbocycles. The lowest BCUT2D eigenvalue weighted by atomic mass is 10.1. The van der Waals surface area contributed by atoms with Gasteiger partial charge in [-0.3, -0.25) is 9.59 Å². The van der Waals surface area contributed by atoms with E-state index in [4.69, 9.17) is 16.3 Å². The molecule has 2 atom stereocenters. The number of nitrogens with one attached hydrogen (secondary N) is 3. The minimum atomic E-state index is -3.19. The monoisotopic (exact) mass is 556 g/mol. The Morgan fingerprint density at radius 2 is 2.11 bits per heavy atom. The molecular formula is C23H26ClFN4O5S2. The SMILES string of the molecule is CS(=O)(=O)NCC1CCC(COCc2csc3nc(C(=O)NCc4ccc(F)c(Cl)c4)[nH]c(=O)c23)C1. The Labute approximate surface area is 216 Å². The number of aromatic nitrogens is 2. The molecule has 0 aliphatic heterocycles. The van der Waals surface area contributed by atoms with Crippen molar-refractivity contribution >= 4 is 49.1 Å². The predicted octanol–water partition coefficient (Wildman–Crippen LogP) is 3.19. The third-order valence-electron chi connectivity index (χ3n) is 6.07. The fraction of sp³-hybridized carbons (Fsp3) is 0.435. The molecule has 0 bridgehead atoms. The number of ether oxygens (including phenoxy) is 1.